The van der Waals surface area contributed by atoms with Crippen LogP contribution in [0.25, 0.3) is 11.3 Å². The van der Waals surface area contributed by atoms with Crippen LogP contribution in [-0.2, 0) is 16.0 Å². The molecule has 0 unspecified atom stereocenters. The van der Waals surface area contributed by atoms with Crippen LogP contribution in [0.2, 0.25) is 0 Å². The maximum absolute atomic E-state index is 13.0. The Kier molecular flexibility index (Phi) is 5.48. The van der Waals surface area contributed by atoms with Gasteiger partial charge < -0.3 is 30.9 Å². The Morgan fingerprint density at radius 1 is 1.14 bits per heavy atom. The summed E-state index contributed by atoms with van der Waals surface area (Å²) in [6.45, 7) is 7.24. The molecule has 2 aromatic rings. The molecule has 2 saturated heterocycles. The van der Waals surface area contributed by atoms with Crippen molar-refractivity contribution in [1.82, 2.24) is 24.8 Å². The Morgan fingerprint density at radius 2 is 1.89 bits per heavy atom. The molecule has 11 heteroatoms. The van der Waals surface area contributed by atoms with E-state index in [9.17, 15) is 4.79 Å². The topological polar surface area (TPSA) is 140 Å². The molecule has 0 bridgehead atoms. The Bertz CT molecular complexity index is 1120. The molecule has 0 spiro atoms. The van der Waals surface area contributed by atoms with E-state index in [0.717, 1.165) is 74.5 Å². The third-order valence-corrected chi connectivity index (χ3v) is 7.88. The highest BCUT2D eigenvalue weighted by molar-refractivity contribution is 5.83. The lowest BCUT2D eigenvalue weighted by Crippen LogP contribution is -2.51. The zero-order chi connectivity index (χ0) is 24.2. The van der Waals surface area contributed by atoms with Crippen molar-refractivity contribution in [2.75, 3.05) is 61.5 Å². The fourth-order valence-electron chi connectivity index (χ4n) is 5.59. The number of aromatic nitrogens is 4. The molecule has 1 aliphatic carbocycles. The van der Waals surface area contributed by atoms with Crippen LogP contribution in [0.15, 0.2) is 12.4 Å². The average Bonchev–Trinajstić information content (AvgIpc) is 3.52. The van der Waals surface area contributed by atoms with Crippen LogP contribution in [-0.4, -0.2) is 88.3 Å². The average molecular weight is 480 g/mol. The fraction of sp³-hybridized carbons (Fsp3) is 0.625. The van der Waals surface area contributed by atoms with Gasteiger partial charge in [0.05, 0.1) is 30.5 Å². The van der Waals surface area contributed by atoms with E-state index < -0.39 is 0 Å². The molecule has 3 aliphatic heterocycles. The predicted octanol–water partition coefficient (Wildman–Crippen LogP) is 0.443. The standard InChI is InChI=1S/C24H33N9O2/c1-24(5-7-32(14-24)21(34)18(25)15-2-3-15)33-6-4-17-19(16-12-27-22(26)28-13-16)29-23(30-20(17)33)31-8-10-35-11-9-31/h12-13,15,18H,2-11,14,25H2,1H3,(H2,26,27,28)/t18-,24-/m0/s1. The molecule has 2 aromatic heterocycles. The number of rotatable bonds is 5. The first-order chi connectivity index (χ1) is 16.9. The highest BCUT2D eigenvalue weighted by atomic mass is 16.5. The summed E-state index contributed by atoms with van der Waals surface area (Å²) in [6.07, 6.45) is 7.30. The summed E-state index contributed by atoms with van der Waals surface area (Å²) in [4.78, 5) is 38.0. The SMILES string of the molecule is C[C@]1(N2CCc3c(-c4cnc(N)nc4)nc(N4CCOCC4)nc32)CCN(C(=O)[C@@H](N)C2CC2)C1. The van der Waals surface area contributed by atoms with Gasteiger partial charge in [-0.05, 0) is 38.5 Å². The van der Waals surface area contributed by atoms with Crippen LogP contribution in [0.3, 0.4) is 0 Å². The number of morpholine rings is 1. The molecule has 0 radical (unpaired) electrons. The quantitative estimate of drug-likeness (QED) is 0.621. The summed E-state index contributed by atoms with van der Waals surface area (Å²) in [6, 6.07) is -0.365. The number of hydrogen-bond acceptors (Lipinski definition) is 10. The molecule has 0 aromatic carbocycles. The summed E-state index contributed by atoms with van der Waals surface area (Å²) in [5.74, 6) is 2.32. The molecule has 6 rings (SSSR count). The number of likely N-dealkylation sites (tertiary alicyclic amines) is 1. The van der Waals surface area contributed by atoms with Crippen molar-refractivity contribution in [3.8, 4) is 11.3 Å². The number of nitrogens with zero attached hydrogens (tertiary/aromatic N) is 7. The van der Waals surface area contributed by atoms with E-state index in [1.165, 1.54) is 0 Å². The molecule has 186 valence electrons. The molecule has 4 aliphatic rings. The van der Waals surface area contributed by atoms with Crippen molar-refractivity contribution in [3.05, 3.63) is 18.0 Å². The van der Waals surface area contributed by atoms with E-state index in [4.69, 9.17) is 26.2 Å². The van der Waals surface area contributed by atoms with Gasteiger partial charge >= 0.3 is 0 Å². The normalized spacial score (nSPS) is 25.1. The molecule has 2 atom stereocenters. The van der Waals surface area contributed by atoms with E-state index in [1.807, 2.05) is 4.90 Å². The van der Waals surface area contributed by atoms with Crippen LogP contribution >= 0.6 is 0 Å². The number of hydrogen-bond donors (Lipinski definition) is 2. The lowest BCUT2D eigenvalue weighted by Gasteiger charge is -2.37. The largest absolute Gasteiger partial charge is 0.378 e. The van der Waals surface area contributed by atoms with Crippen molar-refractivity contribution in [3.63, 3.8) is 0 Å². The molecule has 35 heavy (non-hydrogen) atoms. The molecule has 3 fully saturated rings. The minimum atomic E-state index is -0.365. The smallest absolute Gasteiger partial charge is 0.239 e. The number of carbonyl (C=O) groups is 1. The first kappa shape index (κ1) is 22.4. The number of fused-ring (bicyclic) bond motifs is 1. The van der Waals surface area contributed by atoms with E-state index in [0.29, 0.717) is 31.6 Å². The van der Waals surface area contributed by atoms with Gasteiger partial charge in [0, 0.05) is 56.2 Å². The monoisotopic (exact) mass is 479 g/mol. The molecule has 4 N–H and O–H groups in total. The van der Waals surface area contributed by atoms with Crippen molar-refractivity contribution in [2.45, 2.75) is 44.2 Å². The van der Waals surface area contributed by atoms with Gasteiger partial charge in [0.15, 0.2) is 0 Å². The second kappa shape index (κ2) is 8.56. The van der Waals surface area contributed by atoms with Crippen molar-refractivity contribution in [1.29, 1.82) is 0 Å². The van der Waals surface area contributed by atoms with E-state index in [2.05, 4.69) is 26.7 Å². The molecule has 5 heterocycles. The number of ether oxygens (including phenoxy) is 1. The Labute approximate surface area is 204 Å². The minimum absolute atomic E-state index is 0.0899. The van der Waals surface area contributed by atoms with Gasteiger partial charge in [-0.3, -0.25) is 4.79 Å². The van der Waals surface area contributed by atoms with E-state index in [-0.39, 0.29) is 23.4 Å². The summed E-state index contributed by atoms with van der Waals surface area (Å²) in [7, 11) is 0. The summed E-state index contributed by atoms with van der Waals surface area (Å²) in [5, 5.41) is 0. The predicted molar refractivity (Wildman–Crippen MR) is 132 cm³/mol. The number of anilines is 3. The van der Waals surface area contributed by atoms with Crippen LogP contribution in [0.4, 0.5) is 17.7 Å². The Morgan fingerprint density at radius 3 is 2.60 bits per heavy atom. The number of nitrogen functional groups attached to an aromatic ring is 1. The first-order valence-electron chi connectivity index (χ1n) is 12.6. The van der Waals surface area contributed by atoms with Gasteiger partial charge in [-0.1, -0.05) is 0 Å². The highest BCUT2D eigenvalue weighted by Gasteiger charge is 2.46. The summed E-state index contributed by atoms with van der Waals surface area (Å²) < 4.78 is 5.55. The van der Waals surface area contributed by atoms with Crippen LogP contribution in [0, 0.1) is 5.92 Å². The fourth-order valence-corrected chi connectivity index (χ4v) is 5.59. The van der Waals surface area contributed by atoms with Gasteiger partial charge in [-0.15, -0.1) is 0 Å². The van der Waals surface area contributed by atoms with Gasteiger partial charge in [0.25, 0.3) is 0 Å². The third kappa shape index (κ3) is 4.06. The highest BCUT2D eigenvalue weighted by Crippen LogP contribution is 2.42. The Balaban J connectivity index is 1.34. The first-order valence-corrected chi connectivity index (χ1v) is 12.6. The summed E-state index contributed by atoms with van der Waals surface area (Å²) in [5.41, 5.74) is 14.6. The lowest BCUT2D eigenvalue weighted by atomic mass is 9.99. The van der Waals surface area contributed by atoms with Gasteiger partial charge in [-0.25, -0.2) is 15.0 Å². The molecule has 1 saturated carbocycles. The number of amides is 1. The summed E-state index contributed by atoms with van der Waals surface area (Å²) >= 11 is 0. The second-order valence-electron chi connectivity index (χ2n) is 10.4. The zero-order valence-electron chi connectivity index (χ0n) is 20.2. The van der Waals surface area contributed by atoms with E-state index in [1.54, 1.807) is 12.4 Å². The number of carbonyl (C=O) groups excluding carboxylic acids is 1. The molecular weight excluding hydrogens is 446 g/mol. The van der Waals surface area contributed by atoms with Crippen LogP contribution in [0.1, 0.15) is 31.7 Å². The van der Waals surface area contributed by atoms with Crippen LogP contribution < -0.4 is 21.3 Å². The van der Waals surface area contributed by atoms with Crippen molar-refractivity contribution in [2.24, 2.45) is 11.7 Å². The molecule has 11 nitrogen and oxygen atoms in total. The van der Waals surface area contributed by atoms with Gasteiger partial charge in [-0.2, -0.15) is 4.98 Å². The van der Waals surface area contributed by atoms with Crippen molar-refractivity contribution < 1.29 is 9.53 Å². The Hall–Kier alpha value is -3.05. The minimum Gasteiger partial charge on any atom is -0.378 e. The van der Waals surface area contributed by atoms with Crippen molar-refractivity contribution >= 4 is 23.6 Å². The molecular formula is C24H33N9O2. The lowest BCUT2D eigenvalue weighted by molar-refractivity contribution is -0.132. The van der Waals surface area contributed by atoms with Gasteiger partial charge in [0.1, 0.15) is 5.82 Å². The van der Waals surface area contributed by atoms with Gasteiger partial charge in [0.2, 0.25) is 17.8 Å². The zero-order valence-corrected chi connectivity index (χ0v) is 20.2. The third-order valence-electron chi connectivity index (χ3n) is 7.88. The van der Waals surface area contributed by atoms with E-state index >= 15 is 0 Å². The number of nitrogens with two attached hydrogens (primary N) is 2. The van der Waals surface area contributed by atoms with Crippen LogP contribution in [0.5, 0.6) is 0 Å². The molecule has 1 amide bonds. The maximum atomic E-state index is 13.0. The second-order valence-corrected chi connectivity index (χ2v) is 10.4. The maximum Gasteiger partial charge on any atom is 0.239 e.